The van der Waals surface area contributed by atoms with Crippen molar-refractivity contribution in [2.24, 2.45) is 0 Å². The van der Waals surface area contributed by atoms with Gasteiger partial charge in [-0.1, -0.05) is 5.10 Å². The molecule has 0 spiro atoms. The standard InChI is InChI=1S/C9H15N5O2/c1-10-5-8-12-13-9(16-8)14-4-2-3-11-7(15)6-14/h10H,2-6H2,1H3,(H,11,15). The number of carbonyl (C=O) groups is 1. The minimum atomic E-state index is -0.00846. The summed E-state index contributed by atoms with van der Waals surface area (Å²) in [7, 11) is 1.81. The minimum Gasteiger partial charge on any atom is -0.407 e. The van der Waals surface area contributed by atoms with Gasteiger partial charge in [0.15, 0.2) is 0 Å². The molecule has 2 rings (SSSR count). The molecule has 0 radical (unpaired) electrons. The molecule has 0 unspecified atom stereocenters. The average molecular weight is 225 g/mol. The van der Waals surface area contributed by atoms with E-state index in [-0.39, 0.29) is 12.5 Å². The first-order valence-electron chi connectivity index (χ1n) is 5.28. The predicted molar refractivity (Wildman–Crippen MR) is 56.9 cm³/mol. The maximum Gasteiger partial charge on any atom is 0.318 e. The van der Waals surface area contributed by atoms with Gasteiger partial charge in [0.25, 0.3) is 0 Å². The minimum absolute atomic E-state index is 0.00846. The van der Waals surface area contributed by atoms with E-state index in [2.05, 4.69) is 20.8 Å². The lowest BCUT2D eigenvalue weighted by Gasteiger charge is -2.14. The van der Waals surface area contributed by atoms with Crippen LogP contribution in [-0.2, 0) is 11.3 Å². The zero-order chi connectivity index (χ0) is 11.4. The Balaban J connectivity index is 2.06. The highest BCUT2D eigenvalue weighted by molar-refractivity contribution is 5.80. The summed E-state index contributed by atoms with van der Waals surface area (Å²) in [5.41, 5.74) is 0. The normalized spacial score (nSPS) is 17.1. The van der Waals surface area contributed by atoms with Crippen LogP contribution in [0.5, 0.6) is 0 Å². The van der Waals surface area contributed by atoms with Crippen molar-refractivity contribution in [3.63, 3.8) is 0 Å². The van der Waals surface area contributed by atoms with Crippen molar-refractivity contribution in [1.82, 2.24) is 20.8 Å². The molecule has 1 aliphatic rings. The van der Waals surface area contributed by atoms with E-state index in [4.69, 9.17) is 4.42 Å². The van der Waals surface area contributed by atoms with Crippen LogP contribution in [0.4, 0.5) is 6.01 Å². The quantitative estimate of drug-likeness (QED) is 0.694. The van der Waals surface area contributed by atoms with Crippen molar-refractivity contribution in [3.8, 4) is 0 Å². The molecule has 0 aromatic carbocycles. The van der Waals surface area contributed by atoms with Crippen LogP contribution in [-0.4, -0.2) is 42.8 Å². The fourth-order valence-electron chi connectivity index (χ4n) is 1.56. The second kappa shape index (κ2) is 4.93. The Morgan fingerprint density at radius 2 is 2.44 bits per heavy atom. The lowest BCUT2D eigenvalue weighted by atomic mass is 10.4. The van der Waals surface area contributed by atoms with Crippen LogP contribution in [0.25, 0.3) is 0 Å². The average Bonchev–Trinajstić information content (AvgIpc) is 2.61. The number of hydrogen-bond donors (Lipinski definition) is 2. The molecule has 0 atom stereocenters. The van der Waals surface area contributed by atoms with E-state index in [9.17, 15) is 4.79 Å². The summed E-state index contributed by atoms with van der Waals surface area (Å²) in [6, 6.07) is 0.419. The molecule has 2 heterocycles. The maximum atomic E-state index is 11.3. The lowest BCUT2D eigenvalue weighted by molar-refractivity contribution is -0.119. The highest BCUT2D eigenvalue weighted by atomic mass is 16.4. The smallest absolute Gasteiger partial charge is 0.318 e. The van der Waals surface area contributed by atoms with Crippen LogP contribution in [0.2, 0.25) is 0 Å². The van der Waals surface area contributed by atoms with Gasteiger partial charge in [0, 0.05) is 13.1 Å². The summed E-state index contributed by atoms with van der Waals surface area (Å²) in [4.78, 5) is 13.1. The first kappa shape index (κ1) is 10.9. The van der Waals surface area contributed by atoms with Crippen LogP contribution in [0.15, 0.2) is 4.42 Å². The molecule has 0 aliphatic carbocycles. The van der Waals surface area contributed by atoms with Crippen LogP contribution in [0, 0.1) is 0 Å². The molecule has 0 bridgehead atoms. The van der Waals surface area contributed by atoms with E-state index in [1.807, 2.05) is 7.05 Å². The molecule has 1 saturated heterocycles. The molecule has 16 heavy (non-hydrogen) atoms. The largest absolute Gasteiger partial charge is 0.407 e. The van der Waals surface area contributed by atoms with Crippen molar-refractivity contribution in [2.45, 2.75) is 13.0 Å². The van der Waals surface area contributed by atoms with E-state index in [0.717, 1.165) is 13.0 Å². The Morgan fingerprint density at radius 3 is 3.25 bits per heavy atom. The van der Waals surface area contributed by atoms with Crippen LogP contribution in [0.1, 0.15) is 12.3 Å². The first-order chi connectivity index (χ1) is 7.79. The summed E-state index contributed by atoms with van der Waals surface area (Å²) in [6.07, 6.45) is 0.884. The van der Waals surface area contributed by atoms with E-state index < -0.39 is 0 Å². The van der Waals surface area contributed by atoms with Crippen molar-refractivity contribution in [2.75, 3.05) is 31.6 Å². The van der Waals surface area contributed by atoms with E-state index in [1.54, 1.807) is 4.90 Å². The molecular weight excluding hydrogens is 210 g/mol. The topological polar surface area (TPSA) is 83.3 Å². The van der Waals surface area contributed by atoms with E-state index in [0.29, 0.717) is 25.0 Å². The Hall–Kier alpha value is -1.63. The number of nitrogens with zero attached hydrogens (tertiary/aromatic N) is 3. The van der Waals surface area contributed by atoms with Gasteiger partial charge in [0.1, 0.15) is 6.54 Å². The van der Waals surface area contributed by atoms with Gasteiger partial charge >= 0.3 is 6.01 Å². The fraction of sp³-hybridized carbons (Fsp3) is 0.667. The number of rotatable bonds is 3. The lowest BCUT2D eigenvalue weighted by Crippen LogP contribution is -2.33. The second-order valence-corrected chi connectivity index (χ2v) is 3.63. The molecule has 1 fully saturated rings. The van der Waals surface area contributed by atoms with Crippen molar-refractivity contribution in [3.05, 3.63) is 5.89 Å². The van der Waals surface area contributed by atoms with Gasteiger partial charge in [-0.2, -0.15) is 0 Å². The zero-order valence-corrected chi connectivity index (χ0v) is 9.19. The summed E-state index contributed by atoms with van der Waals surface area (Å²) in [5.74, 6) is 0.521. The molecule has 7 heteroatoms. The number of aromatic nitrogens is 2. The Bertz CT molecular complexity index is 365. The highest BCUT2D eigenvalue weighted by Crippen LogP contribution is 2.13. The van der Waals surface area contributed by atoms with Crippen molar-refractivity contribution >= 4 is 11.9 Å². The zero-order valence-electron chi connectivity index (χ0n) is 9.19. The van der Waals surface area contributed by atoms with Crippen LogP contribution < -0.4 is 15.5 Å². The molecule has 1 aromatic heterocycles. The number of carbonyl (C=O) groups excluding carboxylic acids is 1. The molecule has 1 aromatic rings. The molecule has 1 amide bonds. The van der Waals surface area contributed by atoms with Crippen molar-refractivity contribution in [1.29, 1.82) is 0 Å². The number of anilines is 1. The molecule has 1 aliphatic heterocycles. The predicted octanol–water partition coefficient (Wildman–Crippen LogP) is -0.885. The third kappa shape index (κ3) is 2.48. The number of nitrogens with one attached hydrogen (secondary N) is 2. The highest BCUT2D eigenvalue weighted by Gasteiger charge is 2.19. The SMILES string of the molecule is CNCc1nnc(N2CCCNC(=O)C2)o1. The molecule has 88 valence electrons. The maximum absolute atomic E-state index is 11.3. The first-order valence-corrected chi connectivity index (χ1v) is 5.28. The molecule has 0 saturated carbocycles. The van der Waals surface area contributed by atoms with Gasteiger partial charge in [0.05, 0.1) is 6.54 Å². The van der Waals surface area contributed by atoms with Gasteiger partial charge < -0.3 is 20.0 Å². The molecule has 2 N–H and O–H groups in total. The summed E-state index contributed by atoms with van der Waals surface area (Å²) < 4.78 is 5.43. The fourth-order valence-corrected chi connectivity index (χ4v) is 1.56. The Kier molecular flexibility index (Phi) is 3.35. The number of hydrogen-bond acceptors (Lipinski definition) is 6. The summed E-state index contributed by atoms with van der Waals surface area (Å²) in [5, 5.41) is 13.5. The van der Waals surface area contributed by atoms with Gasteiger partial charge in [-0.3, -0.25) is 4.79 Å². The van der Waals surface area contributed by atoms with E-state index in [1.165, 1.54) is 0 Å². The van der Waals surface area contributed by atoms with Crippen LogP contribution >= 0.6 is 0 Å². The molecular formula is C9H15N5O2. The monoisotopic (exact) mass is 225 g/mol. The van der Waals surface area contributed by atoms with Gasteiger partial charge in [0.2, 0.25) is 11.8 Å². The summed E-state index contributed by atoms with van der Waals surface area (Å²) in [6.45, 7) is 2.26. The van der Waals surface area contributed by atoms with E-state index >= 15 is 0 Å². The third-order valence-corrected chi connectivity index (χ3v) is 2.32. The second-order valence-electron chi connectivity index (χ2n) is 3.63. The number of amides is 1. The van der Waals surface area contributed by atoms with Gasteiger partial charge in [-0.25, -0.2) is 0 Å². The summed E-state index contributed by atoms with van der Waals surface area (Å²) >= 11 is 0. The molecule has 7 nitrogen and oxygen atoms in total. The third-order valence-electron chi connectivity index (χ3n) is 2.32. The Morgan fingerprint density at radius 1 is 1.56 bits per heavy atom. The Labute approximate surface area is 93.2 Å². The van der Waals surface area contributed by atoms with Gasteiger partial charge in [-0.15, -0.1) is 5.10 Å². The van der Waals surface area contributed by atoms with Gasteiger partial charge in [-0.05, 0) is 13.5 Å². The van der Waals surface area contributed by atoms with Crippen molar-refractivity contribution < 1.29 is 9.21 Å². The van der Waals surface area contributed by atoms with Crippen LogP contribution in [0.3, 0.4) is 0 Å².